The molecular weight excluding hydrogens is 296 g/mol. The van der Waals surface area contributed by atoms with Gasteiger partial charge in [-0.1, -0.05) is 6.42 Å². The third kappa shape index (κ3) is 6.26. The normalized spacial score (nSPS) is 14.6. The lowest BCUT2D eigenvalue weighted by atomic mass is 10.2. The van der Waals surface area contributed by atoms with Crippen LogP contribution in [0.3, 0.4) is 0 Å². The van der Waals surface area contributed by atoms with Crippen LogP contribution in [0.15, 0.2) is 18.3 Å². The van der Waals surface area contributed by atoms with Gasteiger partial charge in [0.25, 0.3) is 5.91 Å². The second kappa shape index (κ2) is 9.12. The largest absolute Gasteiger partial charge is 0.481 e. The van der Waals surface area contributed by atoms with E-state index in [-0.39, 0.29) is 18.4 Å². The highest BCUT2D eigenvalue weighted by Gasteiger charge is 2.17. The number of nitrogens with one attached hydrogen (secondary N) is 1. The number of nitrogens with zero attached hydrogens (tertiary/aromatic N) is 1. The maximum absolute atomic E-state index is 12.0. The molecule has 126 valence electrons. The standard InChI is InChI=1S/C17H24N2O4/c20-16(21)8-2-1-5-11-18-17(22)13-9-10-15(19-12-13)23-14-6-3-4-7-14/h9-10,12,14H,1-8,11H2,(H,18,22)(H,20,21). The summed E-state index contributed by atoms with van der Waals surface area (Å²) in [6.07, 6.45) is 8.74. The van der Waals surface area contributed by atoms with Crippen molar-refractivity contribution in [3.63, 3.8) is 0 Å². The SMILES string of the molecule is O=C(O)CCCCCNC(=O)c1ccc(OC2CCCC2)nc1. The van der Waals surface area contributed by atoms with Gasteiger partial charge in [-0.2, -0.15) is 0 Å². The van der Waals surface area contributed by atoms with Gasteiger partial charge in [0.1, 0.15) is 6.10 Å². The third-order valence-electron chi connectivity index (χ3n) is 3.94. The number of amides is 1. The molecule has 23 heavy (non-hydrogen) atoms. The number of carbonyl (C=O) groups is 2. The van der Waals surface area contributed by atoms with Crippen LogP contribution >= 0.6 is 0 Å². The number of carbonyl (C=O) groups excluding carboxylic acids is 1. The molecular formula is C17H24N2O4. The van der Waals surface area contributed by atoms with Crippen LogP contribution in [0, 0.1) is 0 Å². The van der Waals surface area contributed by atoms with Gasteiger partial charge in [0.05, 0.1) is 5.56 Å². The van der Waals surface area contributed by atoms with E-state index in [1.165, 1.54) is 19.0 Å². The zero-order valence-electron chi connectivity index (χ0n) is 13.3. The minimum atomic E-state index is -0.778. The molecule has 0 unspecified atom stereocenters. The first-order valence-electron chi connectivity index (χ1n) is 8.28. The summed E-state index contributed by atoms with van der Waals surface area (Å²) in [5.74, 6) is -0.370. The van der Waals surface area contributed by atoms with Crippen LogP contribution in [0.4, 0.5) is 0 Å². The molecule has 2 rings (SSSR count). The molecule has 1 aromatic rings. The molecule has 1 heterocycles. The molecule has 2 N–H and O–H groups in total. The van der Waals surface area contributed by atoms with E-state index in [0.29, 0.717) is 24.4 Å². The Bertz CT molecular complexity index is 510. The zero-order chi connectivity index (χ0) is 16.5. The molecule has 1 aromatic heterocycles. The summed E-state index contributed by atoms with van der Waals surface area (Å²) in [5, 5.41) is 11.3. The molecule has 1 amide bonds. The first kappa shape index (κ1) is 17.2. The average molecular weight is 320 g/mol. The summed E-state index contributed by atoms with van der Waals surface area (Å²) in [6, 6.07) is 3.46. The maximum Gasteiger partial charge on any atom is 0.303 e. The van der Waals surface area contributed by atoms with Crippen LogP contribution in [-0.4, -0.2) is 34.6 Å². The van der Waals surface area contributed by atoms with Gasteiger partial charge in [-0.05, 0) is 44.6 Å². The number of rotatable bonds is 9. The molecule has 0 spiro atoms. The first-order valence-corrected chi connectivity index (χ1v) is 8.28. The van der Waals surface area contributed by atoms with Gasteiger partial charge in [-0.3, -0.25) is 9.59 Å². The van der Waals surface area contributed by atoms with Gasteiger partial charge < -0.3 is 15.2 Å². The second-order valence-corrected chi connectivity index (χ2v) is 5.87. The molecule has 1 aliphatic rings. The van der Waals surface area contributed by atoms with Crippen LogP contribution in [0.2, 0.25) is 0 Å². The van der Waals surface area contributed by atoms with Crippen molar-refractivity contribution in [2.75, 3.05) is 6.54 Å². The Labute approximate surface area is 136 Å². The number of carboxylic acids is 1. The second-order valence-electron chi connectivity index (χ2n) is 5.87. The van der Waals surface area contributed by atoms with Crippen LogP contribution in [0.5, 0.6) is 5.88 Å². The van der Waals surface area contributed by atoms with Crippen LogP contribution < -0.4 is 10.1 Å². The first-order chi connectivity index (χ1) is 11.1. The highest BCUT2D eigenvalue weighted by molar-refractivity contribution is 5.93. The molecule has 1 saturated carbocycles. The van der Waals surface area contributed by atoms with E-state index >= 15 is 0 Å². The van der Waals surface area contributed by atoms with Crippen molar-refractivity contribution in [3.8, 4) is 5.88 Å². The Kier molecular flexibility index (Phi) is 6.84. The van der Waals surface area contributed by atoms with Gasteiger partial charge in [-0.15, -0.1) is 0 Å². The van der Waals surface area contributed by atoms with E-state index < -0.39 is 5.97 Å². The van der Waals surface area contributed by atoms with Crippen molar-refractivity contribution in [1.82, 2.24) is 10.3 Å². The summed E-state index contributed by atoms with van der Waals surface area (Å²) >= 11 is 0. The van der Waals surface area contributed by atoms with Gasteiger partial charge in [-0.25, -0.2) is 4.98 Å². The molecule has 6 heteroatoms. The fourth-order valence-electron chi connectivity index (χ4n) is 2.64. The van der Waals surface area contributed by atoms with Crippen molar-refractivity contribution >= 4 is 11.9 Å². The number of carboxylic acid groups (broad SMARTS) is 1. The van der Waals surface area contributed by atoms with Crippen LogP contribution in [0.1, 0.15) is 61.7 Å². The van der Waals surface area contributed by atoms with E-state index in [2.05, 4.69) is 10.3 Å². The Hall–Kier alpha value is -2.11. The van der Waals surface area contributed by atoms with E-state index in [1.54, 1.807) is 12.1 Å². The van der Waals surface area contributed by atoms with E-state index in [4.69, 9.17) is 9.84 Å². The number of hydrogen-bond donors (Lipinski definition) is 2. The average Bonchev–Trinajstić information content (AvgIpc) is 3.04. The topological polar surface area (TPSA) is 88.5 Å². The third-order valence-corrected chi connectivity index (χ3v) is 3.94. The van der Waals surface area contributed by atoms with Gasteiger partial charge in [0, 0.05) is 25.2 Å². The summed E-state index contributed by atoms with van der Waals surface area (Å²) in [4.78, 5) is 26.5. The highest BCUT2D eigenvalue weighted by Crippen LogP contribution is 2.22. The van der Waals surface area contributed by atoms with Gasteiger partial charge in [0.2, 0.25) is 5.88 Å². The minimum Gasteiger partial charge on any atom is -0.481 e. The lowest BCUT2D eigenvalue weighted by molar-refractivity contribution is -0.137. The van der Waals surface area contributed by atoms with Crippen LogP contribution in [0.25, 0.3) is 0 Å². The summed E-state index contributed by atoms with van der Waals surface area (Å²) in [5.41, 5.74) is 0.509. The fraction of sp³-hybridized carbons (Fsp3) is 0.588. The molecule has 0 saturated heterocycles. The lowest BCUT2D eigenvalue weighted by Crippen LogP contribution is -2.24. The molecule has 1 fully saturated rings. The quantitative estimate of drug-likeness (QED) is 0.683. The van der Waals surface area contributed by atoms with Crippen molar-refractivity contribution < 1.29 is 19.4 Å². The molecule has 0 aliphatic heterocycles. The predicted molar refractivity (Wildman–Crippen MR) is 85.6 cm³/mol. The summed E-state index contributed by atoms with van der Waals surface area (Å²) in [7, 11) is 0. The number of aromatic nitrogens is 1. The summed E-state index contributed by atoms with van der Waals surface area (Å²) in [6.45, 7) is 0.540. The van der Waals surface area contributed by atoms with Gasteiger partial charge in [0.15, 0.2) is 0 Å². The Morgan fingerprint density at radius 1 is 1.22 bits per heavy atom. The Morgan fingerprint density at radius 3 is 2.65 bits per heavy atom. The molecule has 0 radical (unpaired) electrons. The number of unbranched alkanes of at least 4 members (excludes halogenated alkanes) is 2. The molecule has 0 bridgehead atoms. The van der Waals surface area contributed by atoms with Crippen molar-refractivity contribution in [3.05, 3.63) is 23.9 Å². The smallest absolute Gasteiger partial charge is 0.303 e. The predicted octanol–water partition coefficient (Wildman–Crippen LogP) is 2.78. The van der Waals surface area contributed by atoms with Crippen molar-refractivity contribution in [2.45, 2.75) is 57.5 Å². The van der Waals surface area contributed by atoms with E-state index in [9.17, 15) is 9.59 Å². The lowest BCUT2D eigenvalue weighted by Gasteiger charge is -2.12. The highest BCUT2D eigenvalue weighted by atomic mass is 16.5. The maximum atomic E-state index is 12.0. The van der Waals surface area contributed by atoms with Crippen molar-refractivity contribution in [2.24, 2.45) is 0 Å². The number of hydrogen-bond acceptors (Lipinski definition) is 4. The number of pyridine rings is 1. The molecule has 0 atom stereocenters. The minimum absolute atomic E-state index is 0.164. The Morgan fingerprint density at radius 2 is 2.00 bits per heavy atom. The monoisotopic (exact) mass is 320 g/mol. The fourth-order valence-corrected chi connectivity index (χ4v) is 2.64. The molecule has 0 aromatic carbocycles. The number of ether oxygens (including phenoxy) is 1. The molecule has 6 nitrogen and oxygen atoms in total. The van der Waals surface area contributed by atoms with Gasteiger partial charge >= 0.3 is 5.97 Å². The van der Waals surface area contributed by atoms with Crippen LogP contribution in [-0.2, 0) is 4.79 Å². The van der Waals surface area contributed by atoms with E-state index in [0.717, 1.165) is 25.7 Å². The number of aliphatic carboxylic acids is 1. The van der Waals surface area contributed by atoms with Crippen molar-refractivity contribution in [1.29, 1.82) is 0 Å². The molecule has 1 aliphatic carbocycles. The van der Waals surface area contributed by atoms with E-state index in [1.807, 2.05) is 0 Å². The zero-order valence-corrected chi connectivity index (χ0v) is 13.3. The summed E-state index contributed by atoms with van der Waals surface area (Å²) < 4.78 is 5.76. The Balaban J connectivity index is 1.67.